The molecule has 0 aliphatic carbocycles. The van der Waals surface area contributed by atoms with Crippen molar-refractivity contribution in [3.63, 3.8) is 0 Å². The number of rotatable bonds is 8. The van der Waals surface area contributed by atoms with Crippen LogP contribution < -0.4 is 15.8 Å². The molecule has 114 valence electrons. The second-order valence-corrected chi connectivity index (χ2v) is 4.03. The van der Waals surface area contributed by atoms with Gasteiger partial charge in [-0.05, 0) is 18.6 Å². The molecule has 1 rings (SSSR count). The largest absolute Gasteiger partial charge is 0.476 e. The van der Waals surface area contributed by atoms with Gasteiger partial charge in [-0.2, -0.15) is 18.2 Å². The highest BCUT2D eigenvalue weighted by Gasteiger charge is 2.27. The maximum Gasteiger partial charge on any atom is 0.411 e. The molecule has 0 amide bonds. The maximum atomic E-state index is 11.8. The van der Waals surface area contributed by atoms with E-state index in [1.54, 1.807) is 12.1 Å². The first-order valence-corrected chi connectivity index (χ1v) is 6.20. The van der Waals surface area contributed by atoms with E-state index in [9.17, 15) is 13.2 Å². The van der Waals surface area contributed by atoms with E-state index in [-0.39, 0.29) is 13.2 Å². The standard InChI is InChI=1S/C12H18F3N3O2/c1-2-6-20-11-9(16)3-4-10(18-11)17-5-7-19-8-12(13,14)15/h3-4H,2,5-8,16H2,1H3,(H,17,18). The number of pyridine rings is 1. The molecule has 1 heterocycles. The fraction of sp³-hybridized carbons (Fsp3) is 0.583. The normalized spacial score (nSPS) is 11.4. The van der Waals surface area contributed by atoms with Gasteiger partial charge in [-0.1, -0.05) is 6.92 Å². The number of alkyl halides is 3. The summed E-state index contributed by atoms with van der Waals surface area (Å²) in [4.78, 5) is 4.12. The molecule has 0 fully saturated rings. The van der Waals surface area contributed by atoms with Crippen molar-refractivity contribution in [2.75, 3.05) is 37.4 Å². The highest BCUT2D eigenvalue weighted by Crippen LogP contribution is 2.20. The first kappa shape index (κ1) is 16.4. The summed E-state index contributed by atoms with van der Waals surface area (Å²) in [6.07, 6.45) is -3.48. The Morgan fingerprint density at radius 2 is 2.05 bits per heavy atom. The molecular weight excluding hydrogens is 275 g/mol. The molecule has 0 aliphatic rings. The fourth-order valence-corrected chi connectivity index (χ4v) is 1.30. The van der Waals surface area contributed by atoms with Crippen LogP contribution in [-0.4, -0.2) is 37.5 Å². The topological polar surface area (TPSA) is 69.4 Å². The Morgan fingerprint density at radius 1 is 1.30 bits per heavy atom. The van der Waals surface area contributed by atoms with Crippen molar-refractivity contribution in [2.45, 2.75) is 19.5 Å². The Morgan fingerprint density at radius 3 is 2.70 bits per heavy atom. The van der Waals surface area contributed by atoms with Crippen LogP contribution in [0.4, 0.5) is 24.7 Å². The van der Waals surface area contributed by atoms with E-state index in [1.807, 2.05) is 6.92 Å². The summed E-state index contributed by atoms with van der Waals surface area (Å²) in [7, 11) is 0. The van der Waals surface area contributed by atoms with Gasteiger partial charge < -0.3 is 20.5 Å². The monoisotopic (exact) mass is 293 g/mol. The van der Waals surface area contributed by atoms with Crippen LogP contribution in [0.2, 0.25) is 0 Å². The zero-order valence-corrected chi connectivity index (χ0v) is 11.2. The lowest BCUT2D eigenvalue weighted by atomic mass is 10.4. The van der Waals surface area contributed by atoms with Gasteiger partial charge in [-0.25, -0.2) is 0 Å². The molecular formula is C12H18F3N3O2. The Kier molecular flexibility index (Phi) is 6.37. The number of ether oxygens (including phenoxy) is 2. The first-order chi connectivity index (χ1) is 9.42. The minimum Gasteiger partial charge on any atom is -0.476 e. The second-order valence-electron chi connectivity index (χ2n) is 4.03. The van der Waals surface area contributed by atoms with E-state index in [0.29, 0.717) is 24.0 Å². The number of hydrogen-bond acceptors (Lipinski definition) is 5. The predicted molar refractivity (Wildman–Crippen MR) is 69.8 cm³/mol. The van der Waals surface area contributed by atoms with E-state index in [0.717, 1.165) is 6.42 Å². The Balaban J connectivity index is 2.36. The molecule has 0 saturated heterocycles. The fourth-order valence-electron chi connectivity index (χ4n) is 1.30. The molecule has 0 spiro atoms. The number of nitrogens with two attached hydrogens (primary N) is 1. The number of nitrogen functional groups attached to an aromatic ring is 1. The average molecular weight is 293 g/mol. The molecule has 0 aromatic carbocycles. The van der Waals surface area contributed by atoms with E-state index >= 15 is 0 Å². The number of hydrogen-bond donors (Lipinski definition) is 2. The summed E-state index contributed by atoms with van der Waals surface area (Å²) in [5.74, 6) is 0.786. The minimum absolute atomic E-state index is 0.0727. The zero-order chi connectivity index (χ0) is 15.0. The predicted octanol–water partition coefficient (Wildman–Crippen LogP) is 2.44. The number of nitrogens with zero attached hydrogens (tertiary/aromatic N) is 1. The smallest absolute Gasteiger partial charge is 0.411 e. The van der Waals surface area contributed by atoms with Crippen LogP contribution >= 0.6 is 0 Å². The lowest BCUT2D eigenvalue weighted by molar-refractivity contribution is -0.172. The number of aromatic nitrogens is 1. The molecule has 8 heteroatoms. The molecule has 0 radical (unpaired) electrons. The highest BCUT2D eigenvalue weighted by molar-refractivity contribution is 5.53. The molecule has 1 aromatic rings. The van der Waals surface area contributed by atoms with E-state index in [2.05, 4.69) is 15.0 Å². The molecule has 1 aromatic heterocycles. The molecule has 0 saturated carbocycles. The molecule has 5 nitrogen and oxygen atoms in total. The third-order valence-corrected chi connectivity index (χ3v) is 2.15. The molecule has 0 atom stereocenters. The molecule has 0 aliphatic heterocycles. The molecule has 0 bridgehead atoms. The van der Waals surface area contributed by atoms with Crippen LogP contribution in [0.5, 0.6) is 5.88 Å². The maximum absolute atomic E-state index is 11.8. The molecule has 0 unspecified atom stereocenters. The minimum atomic E-state index is -4.30. The SMILES string of the molecule is CCCOc1nc(NCCOCC(F)(F)F)ccc1N. The summed E-state index contributed by atoms with van der Waals surface area (Å²) >= 11 is 0. The molecule has 20 heavy (non-hydrogen) atoms. The van der Waals surface area contributed by atoms with Gasteiger partial charge >= 0.3 is 6.18 Å². The number of anilines is 2. The third kappa shape index (κ3) is 6.46. The van der Waals surface area contributed by atoms with Gasteiger partial charge in [0.25, 0.3) is 0 Å². The average Bonchev–Trinajstić information content (AvgIpc) is 2.37. The van der Waals surface area contributed by atoms with Crippen LogP contribution in [0.3, 0.4) is 0 Å². The van der Waals surface area contributed by atoms with Gasteiger partial charge in [0.05, 0.1) is 18.9 Å². The van der Waals surface area contributed by atoms with Crippen molar-refractivity contribution in [2.24, 2.45) is 0 Å². The lowest BCUT2D eigenvalue weighted by Gasteiger charge is -2.11. The van der Waals surface area contributed by atoms with E-state index < -0.39 is 12.8 Å². The molecule has 3 N–H and O–H groups in total. The van der Waals surface area contributed by atoms with Gasteiger partial charge in [0.15, 0.2) is 0 Å². The highest BCUT2D eigenvalue weighted by atomic mass is 19.4. The lowest BCUT2D eigenvalue weighted by Crippen LogP contribution is -2.20. The second kappa shape index (κ2) is 7.78. The first-order valence-electron chi connectivity index (χ1n) is 6.20. The Labute approximate surface area is 115 Å². The number of halogens is 3. The van der Waals surface area contributed by atoms with Crippen molar-refractivity contribution in [3.8, 4) is 5.88 Å². The van der Waals surface area contributed by atoms with Gasteiger partial charge in [0.2, 0.25) is 5.88 Å². The number of nitrogens with one attached hydrogen (secondary N) is 1. The van der Waals surface area contributed by atoms with Gasteiger partial charge in [-0.3, -0.25) is 0 Å². The van der Waals surface area contributed by atoms with Gasteiger partial charge in [0.1, 0.15) is 12.4 Å². The summed E-state index contributed by atoms with van der Waals surface area (Å²) in [5.41, 5.74) is 6.10. The summed E-state index contributed by atoms with van der Waals surface area (Å²) < 4.78 is 45.3. The van der Waals surface area contributed by atoms with Crippen LogP contribution in [0.15, 0.2) is 12.1 Å². The van der Waals surface area contributed by atoms with Crippen LogP contribution in [0, 0.1) is 0 Å². The van der Waals surface area contributed by atoms with Crippen LogP contribution in [-0.2, 0) is 4.74 Å². The Hall–Kier alpha value is -1.70. The van der Waals surface area contributed by atoms with Crippen molar-refractivity contribution in [1.82, 2.24) is 4.98 Å². The third-order valence-electron chi connectivity index (χ3n) is 2.15. The van der Waals surface area contributed by atoms with Crippen molar-refractivity contribution < 1.29 is 22.6 Å². The summed E-state index contributed by atoms with van der Waals surface area (Å²) in [5, 5.41) is 2.84. The van der Waals surface area contributed by atoms with Gasteiger partial charge in [-0.15, -0.1) is 0 Å². The quantitative estimate of drug-likeness (QED) is 0.720. The Bertz CT molecular complexity index is 413. The van der Waals surface area contributed by atoms with Crippen molar-refractivity contribution >= 4 is 11.5 Å². The van der Waals surface area contributed by atoms with Crippen LogP contribution in [0.25, 0.3) is 0 Å². The zero-order valence-electron chi connectivity index (χ0n) is 11.2. The van der Waals surface area contributed by atoms with E-state index in [1.165, 1.54) is 0 Å². The van der Waals surface area contributed by atoms with Crippen molar-refractivity contribution in [3.05, 3.63) is 12.1 Å². The summed E-state index contributed by atoms with van der Waals surface area (Å²) in [6, 6.07) is 3.24. The summed E-state index contributed by atoms with van der Waals surface area (Å²) in [6.45, 7) is 1.33. The van der Waals surface area contributed by atoms with E-state index in [4.69, 9.17) is 10.5 Å². The van der Waals surface area contributed by atoms with Crippen molar-refractivity contribution in [1.29, 1.82) is 0 Å². The van der Waals surface area contributed by atoms with Crippen LogP contribution in [0.1, 0.15) is 13.3 Å². The van der Waals surface area contributed by atoms with Gasteiger partial charge in [0, 0.05) is 6.54 Å².